The van der Waals surface area contributed by atoms with E-state index in [4.69, 9.17) is 4.74 Å². The highest BCUT2D eigenvalue weighted by atomic mass is 16.5. The Balaban J connectivity index is 1.66. The average molecular weight is 412 g/mol. The number of hydrogen-bond donors (Lipinski definition) is 1. The van der Waals surface area contributed by atoms with Crippen LogP contribution >= 0.6 is 0 Å². The fourth-order valence-electron chi connectivity index (χ4n) is 3.19. The summed E-state index contributed by atoms with van der Waals surface area (Å²) in [6.07, 6.45) is 0. The van der Waals surface area contributed by atoms with E-state index < -0.39 is 0 Å². The van der Waals surface area contributed by atoms with Crippen molar-refractivity contribution in [3.63, 3.8) is 0 Å². The van der Waals surface area contributed by atoms with Crippen molar-refractivity contribution in [3.05, 3.63) is 95.8 Å². The van der Waals surface area contributed by atoms with E-state index in [0.29, 0.717) is 19.0 Å². The number of carbonyl (C=O) groups is 1. The molecule has 0 radical (unpaired) electrons. The monoisotopic (exact) mass is 412 g/mol. The highest BCUT2D eigenvalue weighted by molar-refractivity contribution is 5.91. The van der Waals surface area contributed by atoms with Gasteiger partial charge in [0, 0.05) is 12.1 Å². The second kappa shape index (κ2) is 9.26. The lowest BCUT2D eigenvalue weighted by atomic mass is 10.1. The average Bonchev–Trinajstić information content (AvgIpc) is 3.25. The van der Waals surface area contributed by atoms with E-state index in [1.165, 1.54) is 0 Å². The van der Waals surface area contributed by atoms with Gasteiger partial charge in [-0.3, -0.25) is 4.79 Å². The third-order valence-electron chi connectivity index (χ3n) is 4.81. The summed E-state index contributed by atoms with van der Waals surface area (Å²) in [4.78, 5) is 17.3. The van der Waals surface area contributed by atoms with Crippen molar-refractivity contribution in [1.82, 2.24) is 20.1 Å². The normalized spacial score (nSPS) is 10.6. The van der Waals surface area contributed by atoms with Crippen LogP contribution in [0.4, 0.5) is 0 Å². The van der Waals surface area contributed by atoms with Gasteiger partial charge < -0.3 is 10.1 Å². The van der Waals surface area contributed by atoms with E-state index in [9.17, 15) is 4.79 Å². The Bertz CT molecular complexity index is 1150. The predicted molar refractivity (Wildman–Crippen MR) is 120 cm³/mol. The minimum Gasteiger partial charge on any atom is -0.494 e. The molecule has 4 aromatic rings. The molecular weight excluding hydrogens is 388 g/mol. The smallest absolute Gasteiger partial charge is 0.291 e. The summed E-state index contributed by atoms with van der Waals surface area (Å²) in [5, 5.41) is 7.42. The number of nitrogens with one attached hydrogen (secondary N) is 1. The molecule has 156 valence electrons. The van der Waals surface area contributed by atoms with Crippen LogP contribution in [0.2, 0.25) is 0 Å². The lowest BCUT2D eigenvalue weighted by Crippen LogP contribution is -2.24. The highest BCUT2D eigenvalue weighted by Crippen LogP contribution is 2.23. The SMILES string of the molecule is CCOc1ccc(-n2nc(C(=O)NCc3ccccc3)nc2-c2ccc(C)cc2)cc1. The summed E-state index contributed by atoms with van der Waals surface area (Å²) in [6.45, 7) is 4.99. The van der Waals surface area contributed by atoms with Crippen molar-refractivity contribution in [2.24, 2.45) is 0 Å². The van der Waals surface area contributed by atoms with Crippen molar-refractivity contribution in [2.75, 3.05) is 6.61 Å². The van der Waals surface area contributed by atoms with Gasteiger partial charge in [0.2, 0.25) is 5.82 Å². The molecule has 0 atom stereocenters. The lowest BCUT2D eigenvalue weighted by molar-refractivity contribution is 0.0940. The highest BCUT2D eigenvalue weighted by Gasteiger charge is 2.18. The molecule has 0 saturated heterocycles. The molecule has 0 aliphatic rings. The number of carbonyl (C=O) groups excluding carboxylic acids is 1. The fourth-order valence-corrected chi connectivity index (χ4v) is 3.19. The standard InChI is InChI=1S/C25H24N4O2/c1-3-31-22-15-13-21(14-16-22)29-24(20-11-9-18(2)10-12-20)27-23(28-29)25(30)26-17-19-7-5-4-6-8-19/h4-16H,3,17H2,1-2H3,(H,26,30). The van der Waals surface area contributed by atoms with Gasteiger partial charge in [-0.2, -0.15) is 0 Å². The van der Waals surface area contributed by atoms with E-state index in [0.717, 1.165) is 28.1 Å². The topological polar surface area (TPSA) is 69.0 Å². The third-order valence-corrected chi connectivity index (χ3v) is 4.81. The van der Waals surface area contributed by atoms with Gasteiger partial charge >= 0.3 is 0 Å². The first-order valence-corrected chi connectivity index (χ1v) is 10.2. The molecule has 0 aliphatic heterocycles. The molecule has 1 N–H and O–H groups in total. The largest absolute Gasteiger partial charge is 0.494 e. The number of aromatic nitrogens is 3. The Morgan fingerprint density at radius 2 is 1.68 bits per heavy atom. The summed E-state index contributed by atoms with van der Waals surface area (Å²) < 4.78 is 7.23. The third kappa shape index (κ3) is 4.80. The minimum atomic E-state index is -0.318. The molecule has 0 unspecified atom stereocenters. The van der Waals surface area contributed by atoms with Crippen LogP contribution in [-0.2, 0) is 6.54 Å². The van der Waals surface area contributed by atoms with Crippen molar-refractivity contribution >= 4 is 5.91 Å². The minimum absolute atomic E-state index is 0.125. The van der Waals surface area contributed by atoms with Crippen molar-refractivity contribution in [3.8, 4) is 22.8 Å². The van der Waals surface area contributed by atoms with Crippen LogP contribution < -0.4 is 10.1 Å². The fraction of sp³-hybridized carbons (Fsp3) is 0.160. The number of nitrogens with zero attached hydrogens (tertiary/aromatic N) is 3. The maximum atomic E-state index is 12.8. The Labute approximate surface area is 181 Å². The number of aryl methyl sites for hydroxylation is 1. The van der Waals surface area contributed by atoms with Gasteiger partial charge in [0.05, 0.1) is 12.3 Å². The van der Waals surface area contributed by atoms with E-state index in [1.807, 2.05) is 92.7 Å². The molecule has 0 bridgehead atoms. The molecule has 1 heterocycles. The first kappa shape index (κ1) is 20.3. The van der Waals surface area contributed by atoms with E-state index in [1.54, 1.807) is 4.68 Å². The number of benzene rings is 3. The second-order valence-electron chi connectivity index (χ2n) is 7.13. The van der Waals surface area contributed by atoms with Crippen LogP contribution in [0.25, 0.3) is 17.1 Å². The maximum Gasteiger partial charge on any atom is 0.291 e. The molecule has 0 fully saturated rings. The molecule has 0 saturated carbocycles. The van der Waals surface area contributed by atoms with Gasteiger partial charge in [-0.1, -0.05) is 60.2 Å². The Kier molecular flexibility index (Phi) is 6.08. The summed E-state index contributed by atoms with van der Waals surface area (Å²) in [5.74, 6) is 1.19. The van der Waals surface area contributed by atoms with Crippen molar-refractivity contribution in [2.45, 2.75) is 20.4 Å². The summed E-state index contributed by atoms with van der Waals surface area (Å²) >= 11 is 0. The zero-order chi connectivity index (χ0) is 21.6. The Hall–Kier alpha value is -3.93. The first-order valence-electron chi connectivity index (χ1n) is 10.2. The van der Waals surface area contributed by atoms with Crippen LogP contribution in [0.15, 0.2) is 78.9 Å². The van der Waals surface area contributed by atoms with Gasteiger partial charge in [0.15, 0.2) is 5.82 Å². The molecule has 1 aromatic heterocycles. The van der Waals surface area contributed by atoms with Gasteiger partial charge in [-0.15, -0.1) is 5.10 Å². The van der Waals surface area contributed by atoms with E-state index in [-0.39, 0.29) is 11.7 Å². The molecule has 6 nitrogen and oxygen atoms in total. The summed E-state index contributed by atoms with van der Waals surface area (Å²) in [5.41, 5.74) is 3.85. The number of amides is 1. The number of ether oxygens (including phenoxy) is 1. The Morgan fingerprint density at radius 3 is 2.35 bits per heavy atom. The Morgan fingerprint density at radius 1 is 0.968 bits per heavy atom. The van der Waals surface area contributed by atoms with E-state index >= 15 is 0 Å². The van der Waals surface area contributed by atoms with E-state index in [2.05, 4.69) is 15.4 Å². The van der Waals surface area contributed by atoms with Crippen LogP contribution in [0.1, 0.15) is 28.7 Å². The van der Waals surface area contributed by atoms with Crippen LogP contribution in [0, 0.1) is 6.92 Å². The molecule has 31 heavy (non-hydrogen) atoms. The van der Waals surface area contributed by atoms with Gasteiger partial charge in [0.25, 0.3) is 5.91 Å². The molecular formula is C25H24N4O2. The van der Waals surface area contributed by atoms with Gasteiger partial charge in [0.1, 0.15) is 5.75 Å². The van der Waals surface area contributed by atoms with Gasteiger partial charge in [-0.05, 0) is 43.7 Å². The van der Waals surface area contributed by atoms with Crippen LogP contribution in [-0.4, -0.2) is 27.3 Å². The maximum absolute atomic E-state index is 12.8. The first-order chi connectivity index (χ1) is 15.1. The van der Waals surface area contributed by atoms with Gasteiger partial charge in [-0.25, -0.2) is 9.67 Å². The second-order valence-corrected chi connectivity index (χ2v) is 7.13. The predicted octanol–water partition coefficient (Wildman–Crippen LogP) is 4.57. The quantitative estimate of drug-likeness (QED) is 0.483. The lowest BCUT2D eigenvalue weighted by Gasteiger charge is -2.08. The molecule has 3 aromatic carbocycles. The molecule has 0 aliphatic carbocycles. The van der Waals surface area contributed by atoms with Crippen molar-refractivity contribution < 1.29 is 9.53 Å². The molecule has 6 heteroatoms. The van der Waals surface area contributed by atoms with Crippen molar-refractivity contribution in [1.29, 1.82) is 0 Å². The molecule has 1 amide bonds. The molecule has 0 spiro atoms. The van der Waals surface area contributed by atoms with Crippen LogP contribution in [0.3, 0.4) is 0 Å². The van der Waals surface area contributed by atoms with Crippen LogP contribution in [0.5, 0.6) is 5.75 Å². The zero-order valence-electron chi connectivity index (χ0n) is 17.6. The summed E-state index contributed by atoms with van der Waals surface area (Å²) in [6, 6.07) is 25.3. The number of rotatable bonds is 7. The summed E-state index contributed by atoms with van der Waals surface area (Å²) in [7, 11) is 0. The zero-order valence-corrected chi connectivity index (χ0v) is 17.6. The number of hydrogen-bond acceptors (Lipinski definition) is 4. The molecule has 4 rings (SSSR count).